The lowest BCUT2D eigenvalue weighted by Crippen LogP contribution is -2.50. The normalized spacial score (nSPS) is 19.6. The van der Waals surface area contributed by atoms with E-state index in [1.54, 1.807) is 12.1 Å². The number of amides is 1. The highest BCUT2D eigenvalue weighted by Gasteiger charge is 2.28. The summed E-state index contributed by atoms with van der Waals surface area (Å²) in [6, 6.07) is 3.41. The van der Waals surface area contributed by atoms with Gasteiger partial charge in [0.25, 0.3) is 0 Å². The van der Waals surface area contributed by atoms with Gasteiger partial charge < -0.3 is 9.80 Å². The number of hydrogen-bond acceptors (Lipinski definition) is 5. The molecule has 3 heterocycles. The van der Waals surface area contributed by atoms with E-state index in [0.29, 0.717) is 39.3 Å². The van der Waals surface area contributed by atoms with Crippen molar-refractivity contribution < 1.29 is 13.2 Å². The van der Waals surface area contributed by atoms with Gasteiger partial charge in [0.2, 0.25) is 15.9 Å². The van der Waals surface area contributed by atoms with Crippen LogP contribution in [0.5, 0.6) is 0 Å². The first-order valence-corrected chi connectivity index (χ1v) is 10.3. The molecule has 0 N–H and O–H groups in total. The van der Waals surface area contributed by atoms with Gasteiger partial charge in [-0.15, -0.1) is 0 Å². The molecule has 7 nitrogen and oxygen atoms in total. The Kier molecular flexibility index (Phi) is 5.29. The number of nitrogens with zero attached hydrogens (tertiary/aromatic N) is 4. The maximum Gasteiger partial charge on any atom is 0.244 e. The zero-order valence-electron chi connectivity index (χ0n) is 14.9. The fraction of sp³-hybridized carbons (Fsp3) is 0.647. The summed E-state index contributed by atoms with van der Waals surface area (Å²) in [7, 11) is -3.42. The van der Waals surface area contributed by atoms with Crippen LogP contribution in [0.15, 0.2) is 23.2 Å². The third-order valence-corrected chi connectivity index (χ3v) is 6.71. The van der Waals surface area contributed by atoms with E-state index < -0.39 is 10.0 Å². The third-order valence-electron chi connectivity index (χ3n) is 4.83. The van der Waals surface area contributed by atoms with Gasteiger partial charge in [0, 0.05) is 51.4 Å². The Morgan fingerprint density at radius 1 is 1.04 bits per heavy atom. The molecular weight excluding hydrogens is 340 g/mol. The molecule has 138 valence electrons. The van der Waals surface area contributed by atoms with E-state index in [1.165, 1.54) is 10.5 Å². The quantitative estimate of drug-likeness (QED) is 0.800. The number of carbonyl (C=O) groups excluding carboxylic acids is 1. The number of hydrogen-bond donors (Lipinski definition) is 0. The van der Waals surface area contributed by atoms with Gasteiger partial charge in [-0.1, -0.05) is 13.8 Å². The van der Waals surface area contributed by atoms with Crippen LogP contribution in [0.25, 0.3) is 0 Å². The summed E-state index contributed by atoms with van der Waals surface area (Å²) < 4.78 is 26.6. The van der Waals surface area contributed by atoms with Crippen molar-refractivity contribution in [2.75, 3.05) is 44.2 Å². The zero-order chi connectivity index (χ0) is 18.0. The largest absolute Gasteiger partial charge is 0.353 e. The van der Waals surface area contributed by atoms with E-state index in [2.05, 4.69) is 9.88 Å². The molecule has 2 saturated heterocycles. The Morgan fingerprint density at radius 2 is 1.68 bits per heavy atom. The Morgan fingerprint density at radius 3 is 2.20 bits per heavy atom. The maximum absolute atomic E-state index is 12.5. The first-order valence-electron chi connectivity index (χ1n) is 8.89. The fourth-order valence-electron chi connectivity index (χ4n) is 3.31. The molecule has 1 aromatic heterocycles. The topological polar surface area (TPSA) is 73.8 Å². The molecule has 2 aliphatic rings. The van der Waals surface area contributed by atoms with Crippen molar-refractivity contribution in [3.8, 4) is 0 Å². The molecule has 0 atom stereocenters. The van der Waals surface area contributed by atoms with Crippen LogP contribution in [0.2, 0.25) is 0 Å². The van der Waals surface area contributed by atoms with Crippen molar-refractivity contribution in [1.29, 1.82) is 0 Å². The molecular formula is C17H26N4O3S. The molecule has 0 spiro atoms. The van der Waals surface area contributed by atoms with Gasteiger partial charge >= 0.3 is 0 Å². The average Bonchev–Trinajstić information content (AvgIpc) is 3.17. The van der Waals surface area contributed by atoms with Crippen molar-refractivity contribution in [3.05, 3.63) is 18.3 Å². The zero-order valence-corrected chi connectivity index (χ0v) is 15.7. The molecule has 2 fully saturated rings. The number of sulfonamides is 1. The first kappa shape index (κ1) is 18.1. The van der Waals surface area contributed by atoms with Gasteiger partial charge in [0.05, 0.1) is 0 Å². The summed E-state index contributed by atoms with van der Waals surface area (Å²) in [5.74, 6) is 0.955. The van der Waals surface area contributed by atoms with E-state index in [0.717, 1.165) is 18.7 Å². The van der Waals surface area contributed by atoms with Crippen LogP contribution in [0, 0.1) is 5.92 Å². The molecule has 1 amide bonds. The number of rotatable bonds is 4. The predicted octanol–water partition coefficient (Wildman–Crippen LogP) is 1.17. The number of carbonyl (C=O) groups is 1. The second-order valence-electron chi connectivity index (χ2n) is 6.93. The van der Waals surface area contributed by atoms with Crippen molar-refractivity contribution >= 4 is 21.7 Å². The van der Waals surface area contributed by atoms with Crippen molar-refractivity contribution in [3.63, 3.8) is 0 Å². The van der Waals surface area contributed by atoms with Gasteiger partial charge in [-0.2, -0.15) is 4.31 Å². The molecule has 8 heteroatoms. The van der Waals surface area contributed by atoms with E-state index in [4.69, 9.17) is 0 Å². The highest BCUT2D eigenvalue weighted by molar-refractivity contribution is 7.89. The highest BCUT2D eigenvalue weighted by atomic mass is 32.2. The van der Waals surface area contributed by atoms with Crippen molar-refractivity contribution in [2.24, 2.45) is 5.92 Å². The molecule has 3 rings (SSSR count). The predicted molar refractivity (Wildman–Crippen MR) is 95.9 cm³/mol. The average molecular weight is 366 g/mol. The summed E-state index contributed by atoms with van der Waals surface area (Å²) in [6.45, 7) is 7.78. The first-order chi connectivity index (χ1) is 11.9. The van der Waals surface area contributed by atoms with E-state index in [9.17, 15) is 13.2 Å². The Labute approximate surface area is 149 Å². The maximum atomic E-state index is 12.5. The molecule has 25 heavy (non-hydrogen) atoms. The number of anilines is 1. The summed E-state index contributed by atoms with van der Waals surface area (Å²) in [5, 5.41) is 0. The SMILES string of the molecule is CC(C)C(=O)N1CCN(c2ccc(S(=O)(=O)N3CCCC3)cn2)CC1. The van der Waals surface area contributed by atoms with Crippen LogP contribution in [0.3, 0.4) is 0 Å². The minimum Gasteiger partial charge on any atom is -0.353 e. The summed E-state index contributed by atoms with van der Waals surface area (Å²) in [5.41, 5.74) is 0. The van der Waals surface area contributed by atoms with Gasteiger partial charge in [0.15, 0.2) is 0 Å². The van der Waals surface area contributed by atoms with E-state index in [-0.39, 0.29) is 16.7 Å². The smallest absolute Gasteiger partial charge is 0.244 e. The third kappa shape index (κ3) is 3.79. The van der Waals surface area contributed by atoms with Gasteiger partial charge in [-0.05, 0) is 25.0 Å². The van der Waals surface area contributed by atoms with Crippen molar-refractivity contribution in [2.45, 2.75) is 31.6 Å². The lowest BCUT2D eigenvalue weighted by molar-refractivity contribution is -0.134. The second kappa shape index (κ2) is 7.29. The van der Waals surface area contributed by atoms with E-state index >= 15 is 0 Å². The molecule has 2 aliphatic heterocycles. The molecule has 0 bridgehead atoms. The van der Waals surface area contributed by atoms with Crippen LogP contribution in [0.4, 0.5) is 5.82 Å². The lowest BCUT2D eigenvalue weighted by Gasteiger charge is -2.36. The van der Waals surface area contributed by atoms with Crippen LogP contribution in [0.1, 0.15) is 26.7 Å². The molecule has 1 aromatic rings. The highest BCUT2D eigenvalue weighted by Crippen LogP contribution is 2.22. The second-order valence-corrected chi connectivity index (χ2v) is 8.87. The van der Waals surface area contributed by atoms with E-state index in [1.807, 2.05) is 18.7 Å². The van der Waals surface area contributed by atoms with Gasteiger partial charge in [-0.25, -0.2) is 13.4 Å². The van der Waals surface area contributed by atoms with Gasteiger partial charge in [-0.3, -0.25) is 4.79 Å². The molecule has 0 radical (unpaired) electrons. The molecule has 0 aliphatic carbocycles. The van der Waals surface area contributed by atoms with Gasteiger partial charge in [0.1, 0.15) is 10.7 Å². The Bertz CT molecular complexity index is 704. The summed E-state index contributed by atoms with van der Waals surface area (Å²) in [4.78, 5) is 20.6. The number of aromatic nitrogens is 1. The minimum atomic E-state index is -3.42. The van der Waals surface area contributed by atoms with Crippen LogP contribution in [-0.2, 0) is 14.8 Å². The minimum absolute atomic E-state index is 0.0137. The summed E-state index contributed by atoms with van der Waals surface area (Å²) in [6.07, 6.45) is 3.29. The molecule has 0 aromatic carbocycles. The fourth-order valence-corrected chi connectivity index (χ4v) is 4.77. The van der Waals surface area contributed by atoms with Crippen LogP contribution >= 0.6 is 0 Å². The summed E-state index contributed by atoms with van der Waals surface area (Å²) >= 11 is 0. The Hall–Kier alpha value is -1.67. The number of piperazine rings is 1. The Balaban J connectivity index is 1.65. The monoisotopic (exact) mass is 366 g/mol. The van der Waals surface area contributed by atoms with Crippen LogP contribution < -0.4 is 4.90 Å². The van der Waals surface area contributed by atoms with Crippen molar-refractivity contribution in [1.82, 2.24) is 14.2 Å². The number of pyridine rings is 1. The molecule has 0 saturated carbocycles. The standard InChI is InChI=1S/C17H26N4O3S/c1-14(2)17(22)20-11-9-19(10-12-20)16-6-5-15(13-18-16)25(23,24)21-7-3-4-8-21/h5-6,13-14H,3-4,7-12H2,1-2H3. The van der Waals surface area contributed by atoms with Crippen LogP contribution in [-0.4, -0.2) is 67.8 Å². The lowest BCUT2D eigenvalue weighted by atomic mass is 10.1. The molecule has 0 unspecified atom stereocenters.